The van der Waals surface area contributed by atoms with Gasteiger partial charge in [-0.1, -0.05) is 0 Å². The highest BCUT2D eigenvalue weighted by Crippen LogP contribution is 2.24. The summed E-state index contributed by atoms with van der Waals surface area (Å²) in [6, 6.07) is 8.93. The number of nitrogens with one attached hydrogen (secondary N) is 1. The van der Waals surface area contributed by atoms with E-state index >= 15 is 0 Å². The molecule has 0 saturated heterocycles. The molecule has 98 valence electrons. The van der Waals surface area contributed by atoms with Crippen LogP contribution >= 0.6 is 0 Å². The molecule has 2 aromatic rings. The second kappa shape index (κ2) is 5.39. The number of pyridine rings is 1. The Hall–Kier alpha value is -2.56. The van der Waals surface area contributed by atoms with Gasteiger partial charge in [-0.25, -0.2) is 0 Å². The number of anilines is 3. The van der Waals surface area contributed by atoms with Crippen molar-refractivity contribution < 1.29 is 4.79 Å². The number of benzene rings is 1. The van der Waals surface area contributed by atoms with Gasteiger partial charge < -0.3 is 16.0 Å². The standard InChI is InChI=1S/C14H16N4O/c1-18(2)11-5-6-12(15)13(8-11)17-14(19)10-4-3-7-16-9-10/h3-9H,15H2,1-2H3,(H,17,19). The molecule has 0 spiro atoms. The molecule has 0 radical (unpaired) electrons. The van der Waals surface area contributed by atoms with Crippen molar-refractivity contribution >= 4 is 23.0 Å². The fourth-order valence-corrected chi connectivity index (χ4v) is 1.62. The van der Waals surface area contributed by atoms with E-state index in [1.165, 1.54) is 6.20 Å². The van der Waals surface area contributed by atoms with Gasteiger partial charge in [-0.15, -0.1) is 0 Å². The van der Waals surface area contributed by atoms with E-state index in [1.807, 2.05) is 31.1 Å². The minimum Gasteiger partial charge on any atom is -0.397 e. The molecule has 5 nitrogen and oxygen atoms in total. The molecular formula is C14H16N4O. The van der Waals surface area contributed by atoms with Crippen LogP contribution in [0, 0.1) is 0 Å². The summed E-state index contributed by atoms with van der Waals surface area (Å²) in [5.41, 5.74) is 8.46. The fourth-order valence-electron chi connectivity index (χ4n) is 1.62. The first kappa shape index (κ1) is 12.9. The Balaban J connectivity index is 2.24. The van der Waals surface area contributed by atoms with E-state index in [4.69, 9.17) is 5.73 Å². The van der Waals surface area contributed by atoms with Gasteiger partial charge in [0.2, 0.25) is 0 Å². The molecule has 0 aliphatic rings. The molecule has 0 bridgehead atoms. The monoisotopic (exact) mass is 256 g/mol. The van der Waals surface area contributed by atoms with Gasteiger partial charge in [0.05, 0.1) is 16.9 Å². The largest absolute Gasteiger partial charge is 0.397 e. The summed E-state index contributed by atoms with van der Waals surface area (Å²) >= 11 is 0. The third-order valence-electron chi connectivity index (χ3n) is 2.73. The lowest BCUT2D eigenvalue weighted by Crippen LogP contribution is -2.15. The van der Waals surface area contributed by atoms with Gasteiger partial charge in [0, 0.05) is 32.2 Å². The zero-order valence-electron chi connectivity index (χ0n) is 10.9. The van der Waals surface area contributed by atoms with Crippen molar-refractivity contribution in [2.24, 2.45) is 0 Å². The number of carbonyl (C=O) groups is 1. The molecule has 0 atom stereocenters. The van der Waals surface area contributed by atoms with Gasteiger partial charge in [0.1, 0.15) is 0 Å². The molecule has 5 heteroatoms. The highest BCUT2D eigenvalue weighted by Gasteiger charge is 2.09. The summed E-state index contributed by atoms with van der Waals surface area (Å²) in [6.07, 6.45) is 3.14. The number of hydrogen-bond acceptors (Lipinski definition) is 4. The highest BCUT2D eigenvalue weighted by atomic mass is 16.1. The van der Waals surface area contributed by atoms with E-state index in [-0.39, 0.29) is 5.91 Å². The van der Waals surface area contributed by atoms with Crippen LogP contribution in [0.3, 0.4) is 0 Å². The minimum absolute atomic E-state index is 0.226. The van der Waals surface area contributed by atoms with Crippen LogP contribution in [0.2, 0.25) is 0 Å². The number of carbonyl (C=O) groups excluding carboxylic acids is 1. The van der Waals surface area contributed by atoms with Gasteiger partial charge in [0.25, 0.3) is 5.91 Å². The van der Waals surface area contributed by atoms with E-state index in [2.05, 4.69) is 10.3 Å². The van der Waals surface area contributed by atoms with Crippen LogP contribution in [0.15, 0.2) is 42.7 Å². The summed E-state index contributed by atoms with van der Waals surface area (Å²) in [5.74, 6) is -0.226. The molecule has 0 saturated carbocycles. The number of rotatable bonds is 3. The summed E-state index contributed by atoms with van der Waals surface area (Å²) < 4.78 is 0. The summed E-state index contributed by atoms with van der Waals surface area (Å²) in [4.78, 5) is 17.9. The molecule has 0 unspecified atom stereocenters. The Morgan fingerprint density at radius 2 is 2.11 bits per heavy atom. The van der Waals surface area contributed by atoms with Crippen LogP contribution in [0.25, 0.3) is 0 Å². The van der Waals surface area contributed by atoms with E-state index in [9.17, 15) is 4.79 Å². The van der Waals surface area contributed by atoms with Crippen LogP contribution < -0.4 is 16.0 Å². The van der Waals surface area contributed by atoms with Crippen LogP contribution in [-0.4, -0.2) is 25.0 Å². The van der Waals surface area contributed by atoms with Crippen molar-refractivity contribution in [2.45, 2.75) is 0 Å². The number of nitrogen functional groups attached to an aromatic ring is 1. The lowest BCUT2D eigenvalue weighted by molar-refractivity contribution is 0.102. The molecule has 0 aliphatic heterocycles. The van der Waals surface area contributed by atoms with Gasteiger partial charge in [-0.2, -0.15) is 0 Å². The van der Waals surface area contributed by atoms with Crippen molar-refractivity contribution in [3.63, 3.8) is 0 Å². The van der Waals surface area contributed by atoms with Gasteiger partial charge >= 0.3 is 0 Å². The fraction of sp³-hybridized carbons (Fsp3) is 0.143. The molecule has 1 heterocycles. The average molecular weight is 256 g/mol. The Kier molecular flexibility index (Phi) is 3.66. The normalized spacial score (nSPS) is 10.0. The zero-order valence-corrected chi connectivity index (χ0v) is 10.9. The number of amides is 1. The van der Waals surface area contributed by atoms with Crippen LogP contribution in [0.5, 0.6) is 0 Å². The average Bonchev–Trinajstić information content (AvgIpc) is 2.42. The Morgan fingerprint density at radius 3 is 2.74 bits per heavy atom. The predicted molar refractivity (Wildman–Crippen MR) is 77.4 cm³/mol. The Bertz CT molecular complexity index is 581. The smallest absolute Gasteiger partial charge is 0.257 e. The summed E-state index contributed by atoms with van der Waals surface area (Å²) in [7, 11) is 3.86. The Morgan fingerprint density at radius 1 is 1.32 bits per heavy atom. The van der Waals surface area contributed by atoms with Crippen LogP contribution in [0.4, 0.5) is 17.1 Å². The second-order valence-electron chi connectivity index (χ2n) is 4.36. The number of nitrogens with zero attached hydrogens (tertiary/aromatic N) is 2. The lowest BCUT2D eigenvalue weighted by atomic mass is 10.2. The molecule has 3 N–H and O–H groups in total. The topological polar surface area (TPSA) is 71.2 Å². The van der Waals surface area contributed by atoms with E-state index < -0.39 is 0 Å². The number of nitrogens with two attached hydrogens (primary N) is 1. The Labute approximate surface area is 112 Å². The van der Waals surface area contributed by atoms with E-state index in [1.54, 1.807) is 24.4 Å². The molecular weight excluding hydrogens is 240 g/mol. The first-order valence-corrected chi connectivity index (χ1v) is 5.86. The molecule has 1 amide bonds. The van der Waals surface area contributed by atoms with Crippen molar-refractivity contribution in [3.05, 3.63) is 48.3 Å². The van der Waals surface area contributed by atoms with Crippen molar-refractivity contribution in [1.82, 2.24) is 4.98 Å². The molecule has 0 fully saturated rings. The van der Waals surface area contributed by atoms with Crippen LogP contribution in [-0.2, 0) is 0 Å². The maximum absolute atomic E-state index is 12.0. The van der Waals surface area contributed by atoms with Gasteiger partial charge in [0.15, 0.2) is 0 Å². The van der Waals surface area contributed by atoms with Crippen molar-refractivity contribution in [2.75, 3.05) is 30.0 Å². The first-order valence-electron chi connectivity index (χ1n) is 5.86. The molecule has 2 rings (SSSR count). The maximum Gasteiger partial charge on any atom is 0.257 e. The molecule has 1 aromatic heterocycles. The summed E-state index contributed by atoms with van der Waals surface area (Å²) in [6.45, 7) is 0. The predicted octanol–water partition coefficient (Wildman–Crippen LogP) is 1.98. The first-order chi connectivity index (χ1) is 9.08. The molecule has 0 aliphatic carbocycles. The van der Waals surface area contributed by atoms with E-state index in [0.29, 0.717) is 16.9 Å². The molecule has 1 aromatic carbocycles. The quantitative estimate of drug-likeness (QED) is 0.824. The van der Waals surface area contributed by atoms with Gasteiger partial charge in [-0.05, 0) is 30.3 Å². The number of hydrogen-bond donors (Lipinski definition) is 2. The van der Waals surface area contributed by atoms with Crippen molar-refractivity contribution in [1.29, 1.82) is 0 Å². The zero-order chi connectivity index (χ0) is 13.8. The number of aromatic nitrogens is 1. The van der Waals surface area contributed by atoms with E-state index in [0.717, 1.165) is 5.69 Å². The highest BCUT2D eigenvalue weighted by molar-refractivity contribution is 6.05. The van der Waals surface area contributed by atoms with Gasteiger partial charge in [-0.3, -0.25) is 9.78 Å². The van der Waals surface area contributed by atoms with Crippen molar-refractivity contribution in [3.8, 4) is 0 Å². The maximum atomic E-state index is 12.0. The minimum atomic E-state index is -0.226. The third kappa shape index (κ3) is 3.01. The third-order valence-corrected chi connectivity index (χ3v) is 2.73. The second-order valence-corrected chi connectivity index (χ2v) is 4.36. The lowest BCUT2D eigenvalue weighted by Gasteiger charge is -2.15. The SMILES string of the molecule is CN(C)c1ccc(N)c(NC(=O)c2cccnc2)c1. The van der Waals surface area contributed by atoms with Crippen LogP contribution in [0.1, 0.15) is 10.4 Å². The summed E-state index contributed by atoms with van der Waals surface area (Å²) in [5, 5.41) is 2.79. The molecule has 19 heavy (non-hydrogen) atoms.